The predicted octanol–water partition coefficient (Wildman–Crippen LogP) is 5.54. The van der Waals surface area contributed by atoms with Crippen LogP contribution in [0, 0.1) is 13.8 Å². The van der Waals surface area contributed by atoms with Gasteiger partial charge in [-0.05, 0) is 56.3 Å². The molecule has 1 spiro atoms. The number of aryl methyl sites for hydroxylation is 2. The molecule has 7 heteroatoms. The highest BCUT2D eigenvalue weighted by Gasteiger charge is 2.75. The Labute approximate surface area is 220 Å². The number of fused-ring (bicyclic) bond motifs is 4. The van der Waals surface area contributed by atoms with E-state index in [-0.39, 0.29) is 5.91 Å². The van der Waals surface area contributed by atoms with Crippen molar-refractivity contribution in [1.29, 1.82) is 0 Å². The first kappa shape index (κ1) is 22.3. The molecule has 7 nitrogen and oxygen atoms in total. The van der Waals surface area contributed by atoms with Gasteiger partial charge in [-0.3, -0.25) is 14.5 Å². The fourth-order valence-electron chi connectivity index (χ4n) is 6.01. The van der Waals surface area contributed by atoms with Gasteiger partial charge in [-0.1, -0.05) is 71.8 Å². The second-order valence-corrected chi connectivity index (χ2v) is 9.91. The number of rotatable bonds is 3. The van der Waals surface area contributed by atoms with Crippen LogP contribution in [0.2, 0.25) is 0 Å². The van der Waals surface area contributed by atoms with Crippen molar-refractivity contribution in [2.45, 2.75) is 25.7 Å². The van der Waals surface area contributed by atoms with Gasteiger partial charge in [-0.15, -0.1) is 0 Å². The summed E-state index contributed by atoms with van der Waals surface area (Å²) in [5, 5.41) is 0. The molecule has 2 atom stereocenters. The monoisotopic (exact) mass is 500 g/mol. The lowest BCUT2D eigenvalue weighted by Crippen LogP contribution is -2.69. The molecular formula is C31H24N4O3. The average Bonchev–Trinajstić information content (AvgIpc) is 3.29. The molecule has 0 unspecified atom stereocenters. The van der Waals surface area contributed by atoms with Gasteiger partial charge in [-0.25, -0.2) is 14.6 Å². The van der Waals surface area contributed by atoms with Crippen LogP contribution >= 0.6 is 0 Å². The molecule has 186 valence electrons. The Bertz CT molecular complexity index is 1620. The van der Waals surface area contributed by atoms with E-state index in [1.165, 1.54) is 14.7 Å². The molecule has 0 aliphatic carbocycles. The zero-order valence-electron chi connectivity index (χ0n) is 20.9. The number of imide groups is 1. The van der Waals surface area contributed by atoms with Gasteiger partial charge in [0.25, 0.3) is 11.7 Å². The molecule has 2 fully saturated rings. The van der Waals surface area contributed by atoms with Crippen molar-refractivity contribution in [2.75, 3.05) is 19.6 Å². The van der Waals surface area contributed by atoms with Gasteiger partial charge in [0.05, 0.1) is 11.4 Å². The van der Waals surface area contributed by atoms with E-state index in [9.17, 15) is 14.4 Å². The fourth-order valence-corrected chi connectivity index (χ4v) is 6.01. The maximum atomic E-state index is 14.8. The summed E-state index contributed by atoms with van der Waals surface area (Å²) in [7, 11) is 0. The molecule has 3 heterocycles. The number of hydrogen-bond donors (Lipinski definition) is 0. The molecule has 0 saturated carbocycles. The summed E-state index contributed by atoms with van der Waals surface area (Å²) in [4.78, 5) is 49.7. The van der Waals surface area contributed by atoms with Gasteiger partial charge in [0.1, 0.15) is 6.04 Å². The molecule has 0 radical (unpaired) electrons. The topological polar surface area (TPSA) is 64.2 Å². The Morgan fingerprint density at radius 2 is 1.24 bits per heavy atom. The number of anilines is 4. The minimum atomic E-state index is -1.76. The predicted molar refractivity (Wildman–Crippen MR) is 146 cm³/mol. The van der Waals surface area contributed by atoms with Crippen molar-refractivity contribution in [3.8, 4) is 0 Å². The summed E-state index contributed by atoms with van der Waals surface area (Å²) in [5.74, 6) is -2.52. The van der Waals surface area contributed by atoms with Crippen molar-refractivity contribution in [3.05, 3.63) is 120 Å². The zero-order chi connectivity index (χ0) is 26.2. The third-order valence-corrected chi connectivity index (χ3v) is 7.60. The Morgan fingerprint density at radius 3 is 1.89 bits per heavy atom. The van der Waals surface area contributed by atoms with Gasteiger partial charge in [0.2, 0.25) is 0 Å². The second kappa shape index (κ2) is 7.79. The number of para-hydroxylation sites is 2. The van der Waals surface area contributed by atoms with Crippen molar-refractivity contribution in [1.82, 2.24) is 0 Å². The highest BCUT2D eigenvalue weighted by atomic mass is 16.2. The largest absolute Gasteiger partial charge is 0.339 e. The van der Waals surface area contributed by atoms with Gasteiger partial charge in [0, 0.05) is 16.9 Å². The van der Waals surface area contributed by atoms with Crippen LogP contribution in [0.1, 0.15) is 22.7 Å². The molecule has 4 amide bonds. The third kappa shape index (κ3) is 2.70. The van der Waals surface area contributed by atoms with Crippen LogP contribution in [0.3, 0.4) is 0 Å². The van der Waals surface area contributed by atoms with Crippen molar-refractivity contribution < 1.29 is 14.4 Å². The lowest BCUT2D eigenvalue weighted by Gasteiger charge is -2.48. The first-order valence-corrected chi connectivity index (χ1v) is 12.5. The SMILES string of the molecule is Cc1ccc(N2[C@H]3C(=O)N(c4ccccc4)[C@@]24C(=O)N(c2ccccc2)C(=O)N4c2ccc(C)cc23)cc1. The summed E-state index contributed by atoms with van der Waals surface area (Å²) in [6.07, 6.45) is 0. The van der Waals surface area contributed by atoms with Gasteiger partial charge >= 0.3 is 11.9 Å². The second-order valence-electron chi connectivity index (χ2n) is 9.91. The van der Waals surface area contributed by atoms with Crippen LogP contribution in [0.4, 0.5) is 27.5 Å². The van der Waals surface area contributed by atoms with E-state index in [2.05, 4.69) is 0 Å². The molecule has 3 aliphatic heterocycles. The van der Waals surface area contributed by atoms with Crippen molar-refractivity contribution >= 4 is 40.6 Å². The van der Waals surface area contributed by atoms with Crippen LogP contribution in [0.15, 0.2) is 103 Å². The molecule has 7 rings (SSSR count). The van der Waals surface area contributed by atoms with E-state index < -0.39 is 23.8 Å². The van der Waals surface area contributed by atoms with E-state index in [1.54, 1.807) is 36.4 Å². The number of nitrogens with zero attached hydrogens (tertiary/aromatic N) is 4. The third-order valence-electron chi connectivity index (χ3n) is 7.60. The maximum absolute atomic E-state index is 14.8. The number of benzene rings is 4. The summed E-state index contributed by atoms with van der Waals surface area (Å²) in [6.45, 7) is 3.95. The first-order valence-electron chi connectivity index (χ1n) is 12.5. The van der Waals surface area contributed by atoms with Gasteiger partial charge < -0.3 is 4.90 Å². The fraction of sp³-hybridized carbons (Fsp3) is 0.129. The number of carbonyl (C=O) groups is 3. The Kier molecular flexibility index (Phi) is 4.57. The number of amides is 4. The summed E-state index contributed by atoms with van der Waals surface area (Å²) < 4.78 is 0. The molecular weight excluding hydrogens is 476 g/mol. The lowest BCUT2D eigenvalue weighted by atomic mass is 9.96. The highest BCUT2D eigenvalue weighted by molar-refractivity contribution is 6.36. The molecule has 4 aromatic carbocycles. The van der Waals surface area contributed by atoms with E-state index in [4.69, 9.17) is 0 Å². The molecule has 2 saturated heterocycles. The van der Waals surface area contributed by atoms with Gasteiger partial charge in [-0.2, -0.15) is 0 Å². The quantitative estimate of drug-likeness (QED) is 0.347. The number of carbonyl (C=O) groups excluding carboxylic acids is 3. The van der Waals surface area contributed by atoms with E-state index in [0.717, 1.165) is 11.1 Å². The van der Waals surface area contributed by atoms with Crippen LogP contribution < -0.4 is 19.6 Å². The average molecular weight is 501 g/mol. The zero-order valence-corrected chi connectivity index (χ0v) is 20.9. The summed E-state index contributed by atoms with van der Waals surface area (Å²) in [6, 6.07) is 30.1. The Balaban J connectivity index is 1.60. The number of urea groups is 1. The molecule has 0 N–H and O–H groups in total. The maximum Gasteiger partial charge on any atom is 0.339 e. The molecule has 0 aromatic heterocycles. The minimum absolute atomic E-state index is 0.262. The van der Waals surface area contributed by atoms with Crippen molar-refractivity contribution in [3.63, 3.8) is 0 Å². The van der Waals surface area contributed by atoms with Gasteiger partial charge in [0.15, 0.2) is 0 Å². The molecule has 4 aromatic rings. The van der Waals surface area contributed by atoms with E-state index in [1.807, 2.05) is 85.5 Å². The van der Waals surface area contributed by atoms with Crippen LogP contribution in [0.25, 0.3) is 0 Å². The highest BCUT2D eigenvalue weighted by Crippen LogP contribution is 2.58. The Morgan fingerprint density at radius 1 is 0.632 bits per heavy atom. The summed E-state index contributed by atoms with van der Waals surface area (Å²) >= 11 is 0. The normalized spacial score (nSPS) is 21.7. The lowest BCUT2D eigenvalue weighted by molar-refractivity contribution is -0.123. The number of hydrogen-bond acceptors (Lipinski definition) is 4. The van der Waals surface area contributed by atoms with Crippen LogP contribution in [-0.2, 0) is 9.59 Å². The first-order chi connectivity index (χ1) is 18.4. The minimum Gasteiger partial charge on any atom is -0.306 e. The molecule has 2 bridgehead atoms. The van der Waals surface area contributed by atoms with Crippen LogP contribution in [0.5, 0.6) is 0 Å². The summed E-state index contributed by atoms with van der Waals surface area (Å²) in [5.41, 5.74) is 4.95. The van der Waals surface area contributed by atoms with Crippen molar-refractivity contribution in [2.24, 2.45) is 0 Å². The van der Waals surface area contributed by atoms with E-state index >= 15 is 0 Å². The molecule has 3 aliphatic rings. The standard InChI is InChI=1S/C31H24N4O3/c1-20-13-16-24(17-14-20)33-27-25-19-21(2)15-18-26(25)35-30(38)32(22-9-5-3-6-10-22)29(37)31(33,35)34(28(27)36)23-11-7-4-8-12-23/h3-19,27H,1-2H3/t27-,31-/m1/s1. The van der Waals surface area contributed by atoms with Crippen LogP contribution in [-0.4, -0.2) is 23.6 Å². The smallest absolute Gasteiger partial charge is 0.306 e. The Hall–Kier alpha value is -4.91. The molecule has 38 heavy (non-hydrogen) atoms. The van der Waals surface area contributed by atoms with E-state index in [0.29, 0.717) is 28.3 Å².